The van der Waals surface area contributed by atoms with Gasteiger partial charge in [0.15, 0.2) is 0 Å². The van der Waals surface area contributed by atoms with Crippen LogP contribution < -0.4 is 4.90 Å². The van der Waals surface area contributed by atoms with Gasteiger partial charge in [-0.25, -0.2) is 0 Å². The molecule has 0 amide bonds. The molecule has 6 aromatic rings. The largest absolute Gasteiger partial charge is 0.345 e. The Morgan fingerprint density at radius 1 is 0.513 bits per heavy atom. The van der Waals surface area contributed by atoms with Crippen LogP contribution in [0.2, 0.25) is 0 Å². The van der Waals surface area contributed by atoms with Crippen molar-refractivity contribution in [2.24, 2.45) is 0 Å². The van der Waals surface area contributed by atoms with Gasteiger partial charge in [-0.1, -0.05) is 109 Å². The van der Waals surface area contributed by atoms with E-state index in [0.717, 1.165) is 22.5 Å². The smallest absolute Gasteiger partial charge is 0.0714 e. The van der Waals surface area contributed by atoms with Crippen LogP contribution in [-0.2, 0) is 5.41 Å². The maximum atomic E-state index is 4.27. The van der Waals surface area contributed by atoms with Crippen LogP contribution in [0.1, 0.15) is 22.3 Å². The molecule has 39 heavy (non-hydrogen) atoms. The minimum Gasteiger partial charge on any atom is -0.345 e. The molecule has 2 heteroatoms. The molecule has 0 bridgehead atoms. The zero-order valence-electron chi connectivity index (χ0n) is 21.8. The highest BCUT2D eigenvalue weighted by molar-refractivity contribution is 5.88. The van der Waals surface area contributed by atoms with Crippen molar-refractivity contribution in [2.75, 3.05) is 11.9 Å². The molecule has 186 valence electrons. The molecular formula is C37H28N2. The van der Waals surface area contributed by atoms with Crippen molar-refractivity contribution in [1.82, 2.24) is 4.98 Å². The summed E-state index contributed by atoms with van der Waals surface area (Å²) in [6, 6.07) is 50.5. The number of rotatable bonds is 5. The van der Waals surface area contributed by atoms with Gasteiger partial charge in [0, 0.05) is 30.8 Å². The van der Waals surface area contributed by atoms with E-state index in [0.29, 0.717) is 0 Å². The highest BCUT2D eigenvalue weighted by Gasteiger charge is 2.46. The Hall–Kier alpha value is -4.95. The predicted octanol–water partition coefficient (Wildman–Crippen LogP) is 8.88. The van der Waals surface area contributed by atoms with Crippen LogP contribution >= 0.6 is 0 Å². The molecule has 0 fully saturated rings. The van der Waals surface area contributed by atoms with E-state index in [9.17, 15) is 0 Å². The quantitative estimate of drug-likeness (QED) is 0.235. The van der Waals surface area contributed by atoms with Crippen molar-refractivity contribution in [2.45, 2.75) is 5.41 Å². The van der Waals surface area contributed by atoms with Crippen molar-refractivity contribution in [3.05, 3.63) is 174 Å². The monoisotopic (exact) mass is 500 g/mol. The van der Waals surface area contributed by atoms with Crippen LogP contribution in [0.4, 0.5) is 11.4 Å². The van der Waals surface area contributed by atoms with Gasteiger partial charge in [-0.2, -0.15) is 0 Å². The lowest BCUT2D eigenvalue weighted by Gasteiger charge is -2.34. The highest BCUT2D eigenvalue weighted by Crippen LogP contribution is 2.56. The SMILES string of the molecule is CN(c1ccc(-c2cccnc2)cc1)c1ccc2c(c1)C(c1ccccc1)(c1ccccc1)c1ccccc1-2. The summed E-state index contributed by atoms with van der Waals surface area (Å²) in [5, 5.41) is 0. The maximum absolute atomic E-state index is 4.27. The second-order valence-corrected chi connectivity index (χ2v) is 10.1. The molecular weight excluding hydrogens is 472 g/mol. The maximum Gasteiger partial charge on any atom is 0.0714 e. The lowest BCUT2D eigenvalue weighted by atomic mass is 9.67. The normalized spacial score (nSPS) is 12.9. The van der Waals surface area contributed by atoms with E-state index >= 15 is 0 Å². The van der Waals surface area contributed by atoms with Crippen LogP contribution in [-0.4, -0.2) is 12.0 Å². The Bertz CT molecular complexity index is 1700. The Kier molecular flexibility index (Phi) is 5.60. The third-order valence-corrected chi connectivity index (χ3v) is 8.08. The topological polar surface area (TPSA) is 16.1 Å². The number of benzene rings is 5. The molecule has 1 aliphatic carbocycles. The van der Waals surface area contributed by atoms with E-state index in [-0.39, 0.29) is 0 Å². The summed E-state index contributed by atoms with van der Waals surface area (Å²) in [4.78, 5) is 6.54. The summed E-state index contributed by atoms with van der Waals surface area (Å²) < 4.78 is 0. The van der Waals surface area contributed by atoms with E-state index in [1.54, 1.807) is 0 Å². The van der Waals surface area contributed by atoms with Crippen molar-refractivity contribution in [1.29, 1.82) is 0 Å². The Morgan fingerprint density at radius 3 is 1.79 bits per heavy atom. The molecule has 1 aliphatic rings. The molecule has 0 spiro atoms. The van der Waals surface area contributed by atoms with Gasteiger partial charge >= 0.3 is 0 Å². The standard InChI is InChI=1S/C37H28N2/c1-39(31-20-18-27(19-21-31)28-11-10-24-38-26-28)32-22-23-34-33-16-8-9-17-35(33)37(36(34)25-32,29-12-4-2-5-13-29)30-14-6-3-7-15-30/h2-26H,1H3. The van der Waals surface area contributed by atoms with Gasteiger partial charge in [0.05, 0.1) is 5.41 Å². The fourth-order valence-corrected chi connectivity index (χ4v) is 6.20. The van der Waals surface area contributed by atoms with Gasteiger partial charge in [0.1, 0.15) is 0 Å². The first-order valence-corrected chi connectivity index (χ1v) is 13.4. The van der Waals surface area contributed by atoms with Gasteiger partial charge in [-0.05, 0) is 74.8 Å². The fourth-order valence-electron chi connectivity index (χ4n) is 6.20. The summed E-state index contributed by atoms with van der Waals surface area (Å²) in [5.41, 5.74) is 12.0. The predicted molar refractivity (Wildman–Crippen MR) is 161 cm³/mol. The zero-order chi connectivity index (χ0) is 26.2. The number of pyridine rings is 1. The van der Waals surface area contributed by atoms with Gasteiger partial charge < -0.3 is 4.90 Å². The molecule has 1 aromatic heterocycles. The van der Waals surface area contributed by atoms with Gasteiger partial charge in [-0.15, -0.1) is 0 Å². The third-order valence-electron chi connectivity index (χ3n) is 8.08. The Labute approximate surface area is 229 Å². The molecule has 2 nitrogen and oxygen atoms in total. The summed E-state index contributed by atoms with van der Waals surface area (Å²) in [6.45, 7) is 0. The summed E-state index contributed by atoms with van der Waals surface area (Å²) in [6.07, 6.45) is 3.71. The third kappa shape index (κ3) is 3.68. The molecule has 0 unspecified atom stereocenters. The molecule has 0 radical (unpaired) electrons. The minimum atomic E-state index is -0.393. The number of nitrogens with zero attached hydrogens (tertiary/aromatic N) is 2. The molecule has 1 heterocycles. The van der Waals surface area contributed by atoms with E-state index in [1.165, 1.54) is 33.4 Å². The van der Waals surface area contributed by atoms with Gasteiger partial charge in [-0.3, -0.25) is 4.98 Å². The zero-order valence-corrected chi connectivity index (χ0v) is 21.8. The average Bonchev–Trinajstić information content (AvgIpc) is 3.32. The lowest BCUT2D eigenvalue weighted by molar-refractivity contribution is 0.768. The molecule has 0 saturated carbocycles. The van der Waals surface area contributed by atoms with Crippen molar-refractivity contribution >= 4 is 11.4 Å². The van der Waals surface area contributed by atoms with Crippen LogP contribution in [0.25, 0.3) is 22.3 Å². The summed E-state index contributed by atoms with van der Waals surface area (Å²) in [7, 11) is 2.15. The number of hydrogen-bond acceptors (Lipinski definition) is 2. The van der Waals surface area contributed by atoms with Crippen molar-refractivity contribution in [3.8, 4) is 22.3 Å². The van der Waals surface area contributed by atoms with Crippen molar-refractivity contribution in [3.63, 3.8) is 0 Å². The van der Waals surface area contributed by atoms with Crippen LogP contribution in [0.15, 0.2) is 152 Å². The second kappa shape index (κ2) is 9.41. The van der Waals surface area contributed by atoms with Crippen molar-refractivity contribution < 1.29 is 0 Å². The summed E-state index contributed by atoms with van der Waals surface area (Å²) >= 11 is 0. The van der Waals surface area contributed by atoms with Crippen LogP contribution in [0, 0.1) is 0 Å². The minimum absolute atomic E-state index is 0.393. The fraction of sp³-hybridized carbons (Fsp3) is 0.0541. The molecule has 0 atom stereocenters. The molecule has 0 aliphatic heterocycles. The van der Waals surface area contributed by atoms with E-state index in [1.807, 2.05) is 18.5 Å². The molecule has 7 rings (SSSR count). The summed E-state index contributed by atoms with van der Waals surface area (Å²) in [5.74, 6) is 0. The first kappa shape index (κ1) is 23.2. The van der Waals surface area contributed by atoms with E-state index < -0.39 is 5.41 Å². The highest BCUT2D eigenvalue weighted by atomic mass is 15.1. The average molecular weight is 501 g/mol. The lowest BCUT2D eigenvalue weighted by Crippen LogP contribution is -2.28. The number of aromatic nitrogens is 1. The first-order valence-electron chi connectivity index (χ1n) is 13.4. The first-order chi connectivity index (χ1) is 19.3. The van der Waals surface area contributed by atoms with Gasteiger partial charge in [0.2, 0.25) is 0 Å². The number of hydrogen-bond donors (Lipinski definition) is 0. The second-order valence-electron chi connectivity index (χ2n) is 10.1. The molecule has 0 N–H and O–H groups in total. The number of fused-ring (bicyclic) bond motifs is 3. The Balaban J connectivity index is 1.39. The molecule has 5 aromatic carbocycles. The Morgan fingerprint density at radius 2 is 1.13 bits per heavy atom. The van der Waals surface area contributed by atoms with E-state index in [4.69, 9.17) is 0 Å². The van der Waals surface area contributed by atoms with Crippen LogP contribution in [0.3, 0.4) is 0 Å². The molecule has 0 saturated heterocycles. The number of anilines is 2. The van der Waals surface area contributed by atoms with E-state index in [2.05, 4.69) is 150 Å². The van der Waals surface area contributed by atoms with Crippen LogP contribution in [0.5, 0.6) is 0 Å². The van der Waals surface area contributed by atoms with Gasteiger partial charge in [0.25, 0.3) is 0 Å².